The van der Waals surface area contributed by atoms with Crippen LogP contribution in [0.1, 0.15) is 0 Å². The first-order chi connectivity index (χ1) is 9.72. The van der Waals surface area contributed by atoms with Gasteiger partial charge in [0.25, 0.3) is 5.25 Å². The van der Waals surface area contributed by atoms with E-state index < -0.39 is 33.1 Å². The average molecular weight is 315 g/mol. The van der Waals surface area contributed by atoms with E-state index in [1.807, 2.05) is 0 Å². The van der Waals surface area contributed by atoms with Gasteiger partial charge in [0.15, 0.2) is 0 Å². The topological polar surface area (TPSA) is 83.8 Å². The Morgan fingerprint density at radius 3 is 2.38 bits per heavy atom. The van der Waals surface area contributed by atoms with E-state index in [1.165, 1.54) is 14.1 Å². The average Bonchev–Trinajstić information content (AvgIpc) is 2.42. The molecule has 1 unspecified atom stereocenters. The van der Waals surface area contributed by atoms with E-state index in [2.05, 4.69) is 0 Å². The summed E-state index contributed by atoms with van der Waals surface area (Å²) in [5.41, 5.74) is 0. The van der Waals surface area contributed by atoms with Crippen molar-refractivity contribution in [3.63, 3.8) is 0 Å². The van der Waals surface area contributed by atoms with Crippen molar-refractivity contribution in [3.8, 4) is 5.75 Å². The highest BCUT2D eigenvalue weighted by molar-refractivity contribution is 7.89. The summed E-state index contributed by atoms with van der Waals surface area (Å²) >= 11 is 0. The van der Waals surface area contributed by atoms with Crippen LogP contribution in [-0.2, 0) is 14.9 Å². The Balaban J connectivity index is 2.33. The van der Waals surface area contributed by atoms with Crippen LogP contribution in [-0.4, -0.2) is 55.4 Å². The maximum atomic E-state index is 12.8. The van der Waals surface area contributed by atoms with Crippen LogP contribution in [0.3, 0.4) is 0 Å². The van der Waals surface area contributed by atoms with Crippen LogP contribution in [0, 0.1) is 5.82 Å². The summed E-state index contributed by atoms with van der Waals surface area (Å²) in [4.78, 5) is 24.1. The highest BCUT2D eigenvalue weighted by atomic mass is 32.2. The summed E-state index contributed by atoms with van der Waals surface area (Å²) in [5.74, 6) is -1.59. The van der Waals surface area contributed by atoms with E-state index in [1.54, 1.807) is 0 Å². The SMILES string of the molecule is CN1C(=O)C(S(=O)(=O)Oc2ccc(F)cc2)C=[N+](C)C1=O. The van der Waals surface area contributed by atoms with Crippen LogP contribution in [0.4, 0.5) is 9.18 Å². The van der Waals surface area contributed by atoms with Gasteiger partial charge in [-0.3, -0.25) is 0 Å². The number of hydrogen-bond acceptors (Lipinski definition) is 5. The van der Waals surface area contributed by atoms with Crippen LogP contribution >= 0.6 is 0 Å². The molecule has 0 saturated heterocycles. The molecule has 1 aliphatic rings. The van der Waals surface area contributed by atoms with Gasteiger partial charge in [-0.15, -0.1) is 0 Å². The third-order valence-corrected chi connectivity index (χ3v) is 4.23. The van der Waals surface area contributed by atoms with Gasteiger partial charge in [0.2, 0.25) is 0 Å². The molecule has 0 aromatic heterocycles. The van der Waals surface area contributed by atoms with E-state index in [4.69, 9.17) is 4.18 Å². The fourth-order valence-electron chi connectivity index (χ4n) is 1.73. The molecular weight excluding hydrogens is 303 g/mol. The third-order valence-electron chi connectivity index (χ3n) is 2.86. The molecule has 1 aromatic carbocycles. The van der Waals surface area contributed by atoms with E-state index in [9.17, 15) is 22.4 Å². The molecule has 3 amide bonds. The number of imide groups is 1. The van der Waals surface area contributed by atoms with Gasteiger partial charge in [-0.05, 0) is 24.3 Å². The zero-order valence-corrected chi connectivity index (χ0v) is 12.0. The molecule has 0 aliphatic carbocycles. The van der Waals surface area contributed by atoms with Crippen molar-refractivity contribution in [2.75, 3.05) is 14.1 Å². The second-order valence-corrected chi connectivity index (χ2v) is 6.05. The predicted octanol–water partition coefficient (Wildman–Crippen LogP) is 0.208. The van der Waals surface area contributed by atoms with Crippen molar-refractivity contribution in [2.45, 2.75) is 5.25 Å². The van der Waals surface area contributed by atoms with E-state index in [0.29, 0.717) is 4.90 Å². The molecule has 112 valence electrons. The van der Waals surface area contributed by atoms with Gasteiger partial charge >= 0.3 is 22.1 Å². The van der Waals surface area contributed by atoms with Gasteiger partial charge in [-0.1, -0.05) is 0 Å². The highest BCUT2D eigenvalue weighted by Gasteiger charge is 2.47. The molecule has 0 saturated carbocycles. The van der Waals surface area contributed by atoms with Gasteiger partial charge < -0.3 is 4.18 Å². The van der Waals surface area contributed by atoms with Gasteiger partial charge in [0, 0.05) is 0 Å². The fourth-order valence-corrected chi connectivity index (χ4v) is 2.95. The minimum atomic E-state index is -4.35. The first-order valence-electron chi connectivity index (χ1n) is 5.80. The van der Waals surface area contributed by atoms with Crippen molar-refractivity contribution in [2.24, 2.45) is 0 Å². The summed E-state index contributed by atoms with van der Waals surface area (Å²) < 4.78 is 42.8. The molecule has 21 heavy (non-hydrogen) atoms. The van der Waals surface area contributed by atoms with Gasteiger partial charge in [0.1, 0.15) is 17.8 Å². The summed E-state index contributed by atoms with van der Waals surface area (Å²) in [6.07, 6.45) is 0.962. The predicted molar refractivity (Wildman–Crippen MR) is 70.2 cm³/mol. The minimum absolute atomic E-state index is 0.125. The lowest BCUT2D eigenvalue weighted by Gasteiger charge is -2.19. The first-order valence-corrected chi connectivity index (χ1v) is 7.28. The lowest BCUT2D eigenvalue weighted by molar-refractivity contribution is -0.399. The Hall–Kier alpha value is -2.29. The number of hydrogen-bond donors (Lipinski definition) is 0. The van der Waals surface area contributed by atoms with Gasteiger partial charge in [0.05, 0.1) is 14.1 Å². The maximum absolute atomic E-state index is 12.8. The van der Waals surface area contributed by atoms with Gasteiger partial charge in [-0.25, -0.2) is 13.8 Å². The first kappa shape index (κ1) is 15.1. The summed E-state index contributed by atoms with van der Waals surface area (Å²) in [6.45, 7) is 0. The van der Waals surface area contributed by atoms with Gasteiger partial charge in [-0.2, -0.15) is 18.1 Å². The van der Waals surface area contributed by atoms with Crippen LogP contribution in [0.2, 0.25) is 0 Å². The molecule has 7 nitrogen and oxygen atoms in total. The summed E-state index contributed by atoms with van der Waals surface area (Å²) in [7, 11) is -1.85. The number of urea groups is 1. The Labute approximate surface area is 120 Å². The monoisotopic (exact) mass is 315 g/mol. The van der Waals surface area contributed by atoms with Crippen molar-refractivity contribution < 1.29 is 31.2 Å². The highest BCUT2D eigenvalue weighted by Crippen LogP contribution is 2.17. The van der Waals surface area contributed by atoms with Crippen molar-refractivity contribution in [3.05, 3.63) is 30.1 Å². The van der Waals surface area contributed by atoms with E-state index in [-0.39, 0.29) is 5.75 Å². The quantitative estimate of drug-likeness (QED) is 0.588. The second-order valence-electron chi connectivity index (χ2n) is 4.39. The fraction of sp³-hybridized carbons (Fsp3) is 0.250. The lowest BCUT2D eigenvalue weighted by atomic mass is 10.3. The number of nitrogens with zero attached hydrogens (tertiary/aromatic N) is 2. The Morgan fingerprint density at radius 2 is 1.81 bits per heavy atom. The molecule has 0 fully saturated rings. The Kier molecular flexibility index (Phi) is 3.77. The molecule has 1 aromatic rings. The van der Waals surface area contributed by atoms with Crippen molar-refractivity contribution >= 4 is 28.3 Å². The van der Waals surface area contributed by atoms with Crippen LogP contribution < -0.4 is 4.18 Å². The lowest BCUT2D eigenvalue weighted by Crippen LogP contribution is -2.54. The Morgan fingerprint density at radius 1 is 1.24 bits per heavy atom. The van der Waals surface area contributed by atoms with Crippen LogP contribution in [0.5, 0.6) is 5.75 Å². The molecule has 0 N–H and O–H groups in total. The molecule has 1 heterocycles. The number of amides is 3. The molecule has 0 bridgehead atoms. The number of halogens is 1. The zero-order valence-electron chi connectivity index (χ0n) is 11.2. The summed E-state index contributed by atoms with van der Waals surface area (Å²) in [5, 5.41) is -1.64. The molecule has 0 radical (unpaired) electrons. The minimum Gasteiger partial charge on any atom is -0.381 e. The number of carbonyl (C=O) groups excluding carboxylic acids is 2. The third kappa shape index (κ3) is 2.92. The molecular formula is C12H12FN2O5S+. The maximum Gasteiger partial charge on any atom is 0.500 e. The number of benzene rings is 1. The molecule has 9 heteroatoms. The molecule has 1 atom stereocenters. The molecule has 1 aliphatic heterocycles. The zero-order chi connectivity index (χ0) is 15.8. The van der Waals surface area contributed by atoms with Crippen molar-refractivity contribution in [1.82, 2.24) is 4.90 Å². The number of carbonyl (C=O) groups is 2. The van der Waals surface area contributed by atoms with Crippen LogP contribution in [0.25, 0.3) is 0 Å². The largest absolute Gasteiger partial charge is 0.500 e. The summed E-state index contributed by atoms with van der Waals surface area (Å²) in [6, 6.07) is 3.66. The number of rotatable bonds is 3. The molecule has 2 rings (SSSR count). The van der Waals surface area contributed by atoms with E-state index in [0.717, 1.165) is 35.1 Å². The van der Waals surface area contributed by atoms with Crippen LogP contribution in [0.15, 0.2) is 24.3 Å². The standard InChI is InChI=1S/C12H12FN2O5S/c1-14-7-10(11(16)15(2)12(14)17)21(18,19)20-9-5-3-8(13)4-6-9/h3-7,10H,1-2H3/q+1. The Bertz CT molecular complexity index is 727. The normalized spacial score (nSPS) is 19.5. The molecule has 0 spiro atoms. The smallest absolute Gasteiger partial charge is 0.381 e. The van der Waals surface area contributed by atoms with E-state index >= 15 is 0 Å². The van der Waals surface area contributed by atoms with Crippen molar-refractivity contribution in [1.29, 1.82) is 0 Å². The second kappa shape index (κ2) is 5.24.